The number of nitrogens with two attached hydrogens (primary N) is 1. The molecule has 1 aromatic rings. The van der Waals surface area contributed by atoms with Gasteiger partial charge in [-0.05, 0) is 61.3 Å². The smallest absolute Gasteiger partial charge is 0.409 e. The number of hydrogen-bond donors (Lipinski definition) is 2. The number of fused-ring (bicyclic) bond motifs is 1. The molecule has 27 heavy (non-hydrogen) atoms. The maximum absolute atomic E-state index is 12.2. The quantitative estimate of drug-likeness (QED) is 0.612. The fourth-order valence-corrected chi connectivity index (χ4v) is 3.74. The molecule has 0 radical (unpaired) electrons. The summed E-state index contributed by atoms with van der Waals surface area (Å²) in [7, 11) is 1.81. The predicted octanol–water partition coefficient (Wildman–Crippen LogP) is 3.62. The zero-order chi connectivity index (χ0) is 19.6. The van der Waals surface area contributed by atoms with Gasteiger partial charge in [0.1, 0.15) is 6.10 Å². The minimum absolute atomic E-state index is 0.0326. The molecule has 5 nitrogen and oxygen atoms in total. The van der Waals surface area contributed by atoms with Crippen LogP contribution in [0, 0.1) is 0 Å². The van der Waals surface area contributed by atoms with E-state index in [4.69, 9.17) is 15.6 Å². The van der Waals surface area contributed by atoms with Crippen molar-refractivity contribution in [1.82, 2.24) is 4.90 Å². The second-order valence-corrected chi connectivity index (χ2v) is 7.70. The number of aliphatic hydroxyl groups excluding tert-OH is 1. The first-order valence-electron chi connectivity index (χ1n) is 10.4. The zero-order valence-electron chi connectivity index (χ0n) is 17.0. The number of aliphatic hydroxyl groups is 1. The Bertz CT molecular complexity index is 591. The lowest BCUT2D eigenvalue weighted by Crippen LogP contribution is -2.34. The molecule has 5 heteroatoms. The van der Waals surface area contributed by atoms with E-state index < -0.39 is 0 Å². The molecule has 0 aliphatic heterocycles. The first-order chi connectivity index (χ1) is 13.1. The van der Waals surface area contributed by atoms with Crippen molar-refractivity contribution in [3.8, 4) is 0 Å². The summed E-state index contributed by atoms with van der Waals surface area (Å²) < 4.78 is 5.71. The molecule has 2 atom stereocenters. The molecule has 152 valence electrons. The lowest BCUT2D eigenvalue weighted by Gasteiger charge is -2.28. The van der Waals surface area contributed by atoms with Gasteiger partial charge in [-0.25, -0.2) is 4.79 Å². The molecule has 1 amide bonds. The average molecular weight is 377 g/mol. The van der Waals surface area contributed by atoms with Gasteiger partial charge in [0.25, 0.3) is 0 Å². The number of rotatable bonds is 10. The summed E-state index contributed by atoms with van der Waals surface area (Å²) in [6.07, 6.45) is 7.29. The minimum atomic E-state index is -0.208. The zero-order valence-corrected chi connectivity index (χ0v) is 17.0. The van der Waals surface area contributed by atoms with Gasteiger partial charge in [0.05, 0.1) is 0 Å². The van der Waals surface area contributed by atoms with Crippen LogP contribution in [0.1, 0.15) is 68.1 Å². The van der Waals surface area contributed by atoms with Crippen molar-refractivity contribution >= 4 is 6.09 Å². The lowest BCUT2D eigenvalue weighted by atomic mass is 9.85. The molecule has 0 saturated carbocycles. The third-order valence-corrected chi connectivity index (χ3v) is 5.56. The van der Waals surface area contributed by atoms with Crippen molar-refractivity contribution in [2.24, 2.45) is 5.73 Å². The molecule has 0 heterocycles. The van der Waals surface area contributed by atoms with Crippen molar-refractivity contribution in [2.45, 2.75) is 70.3 Å². The van der Waals surface area contributed by atoms with E-state index in [1.807, 2.05) is 7.05 Å². The highest BCUT2D eigenvalue weighted by atomic mass is 16.6. The normalized spacial score (nSPS) is 17.3. The third kappa shape index (κ3) is 6.51. The lowest BCUT2D eigenvalue weighted by molar-refractivity contribution is 0.0624. The van der Waals surface area contributed by atoms with E-state index in [1.165, 1.54) is 16.7 Å². The number of unbranched alkanes of at least 4 members (excludes halogenated alkanes) is 2. The summed E-state index contributed by atoms with van der Waals surface area (Å²) >= 11 is 0. The fraction of sp³-hybridized carbons (Fsp3) is 0.682. The van der Waals surface area contributed by atoms with Gasteiger partial charge in [-0.1, -0.05) is 38.0 Å². The molecule has 1 aliphatic rings. The van der Waals surface area contributed by atoms with Crippen molar-refractivity contribution < 1.29 is 14.6 Å². The molecule has 0 saturated heterocycles. The number of carbonyl (C=O) groups is 1. The van der Waals surface area contributed by atoms with Crippen LogP contribution in [-0.2, 0) is 17.6 Å². The number of aryl methyl sites for hydroxylation is 1. The van der Waals surface area contributed by atoms with E-state index in [0.717, 1.165) is 57.9 Å². The molecule has 0 aromatic heterocycles. The van der Waals surface area contributed by atoms with Crippen LogP contribution in [0.25, 0.3) is 0 Å². The molecule has 1 aromatic carbocycles. The highest BCUT2D eigenvalue weighted by Crippen LogP contribution is 2.29. The molecule has 3 N–H and O–H groups in total. The van der Waals surface area contributed by atoms with Gasteiger partial charge in [-0.3, -0.25) is 0 Å². The summed E-state index contributed by atoms with van der Waals surface area (Å²) in [6, 6.07) is 6.64. The molecule has 2 rings (SSSR count). The van der Waals surface area contributed by atoms with E-state index in [-0.39, 0.29) is 18.8 Å². The number of carbonyl (C=O) groups excluding carboxylic acids is 1. The van der Waals surface area contributed by atoms with Gasteiger partial charge >= 0.3 is 6.09 Å². The number of amides is 1. The van der Waals surface area contributed by atoms with Crippen LogP contribution in [0.4, 0.5) is 4.79 Å². The van der Waals surface area contributed by atoms with Crippen LogP contribution < -0.4 is 5.73 Å². The first kappa shape index (κ1) is 21.7. The Morgan fingerprint density at radius 2 is 2.15 bits per heavy atom. The van der Waals surface area contributed by atoms with Crippen LogP contribution in [0.5, 0.6) is 0 Å². The summed E-state index contributed by atoms with van der Waals surface area (Å²) in [5.41, 5.74) is 9.92. The third-order valence-electron chi connectivity index (χ3n) is 5.56. The Labute approximate surface area is 163 Å². The number of hydrogen-bond acceptors (Lipinski definition) is 4. The summed E-state index contributed by atoms with van der Waals surface area (Å²) in [5.74, 6) is 0.351. The van der Waals surface area contributed by atoms with Gasteiger partial charge in [-0.2, -0.15) is 0 Å². The Balaban J connectivity index is 1.93. The average Bonchev–Trinajstić information content (AvgIpc) is 2.69. The standard InChI is InChI=1S/C22H36N2O3/c1-3-4-12-24(2)22(26)27-21-11-10-17-14-18(8-9-19(17)15-21)20(16-23)7-5-6-13-25/h8-9,14,20-21,25H,3-7,10-13,15-16,23H2,1-2H3/t20-,21?/m0/s1. The fourth-order valence-electron chi connectivity index (χ4n) is 3.74. The molecule has 1 unspecified atom stereocenters. The maximum Gasteiger partial charge on any atom is 0.409 e. The molecule has 0 bridgehead atoms. The SMILES string of the molecule is CCCCN(C)C(=O)OC1CCc2cc([C@H](CN)CCCCO)ccc2C1. The summed E-state index contributed by atoms with van der Waals surface area (Å²) in [4.78, 5) is 13.9. The van der Waals surface area contributed by atoms with Crippen LogP contribution in [0.15, 0.2) is 18.2 Å². The van der Waals surface area contributed by atoms with Gasteiger partial charge in [0, 0.05) is 26.6 Å². The molecular formula is C22H36N2O3. The van der Waals surface area contributed by atoms with Gasteiger partial charge in [-0.15, -0.1) is 0 Å². The van der Waals surface area contributed by atoms with Crippen molar-refractivity contribution in [3.05, 3.63) is 34.9 Å². The Kier molecular flexibility index (Phi) is 9.08. The molecule has 1 aliphatic carbocycles. The minimum Gasteiger partial charge on any atom is -0.446 e. The van der Waals surface area contributed by atoms with E-state index in [0.29, 0.717) is 12.5 Å². The van der Waals surface area contributed by atoms with E-state index in [1.54, 1.807) is 4.90 Å². The predicted molar refractivity (Wildman–Crippen MR) is 109 cm³/mol. The topological polar surface area (TPSA) is 75.8 Å². The van der Waals surface area contributed by atoms with E-state index >= 15 is 0 Å². The second kappa shape index (κ2) is 11.3. The van der Waals surface area contributed by atoms with Gasteiger partial charge in [0.2, 0.25) is 0 Å². The van der Waals surface area contributed by atoms with Crippen molar-refractivity contribution in [2.75, 3.05) is 26.7 Å². The van der Waals surface area contributed by atoms with Crippen LogP contribution in [0.3, 0.4) is 0 Å². The van der Waals surface area contributed by atoms with Crippen LogP contribution in [0.2, 0.25) is 0 Å². The van der Waals surface area contributed by atoms with Gasteiger partial charge < -0.3 is 20.5 Å². The maximum atomic E-state index is 12.2. The van der Waals surface area contributed by atoms with E-state index in [2.05, 4.69) is 25.1 Å². The first-order valence-corrected chi connectivity index (χ1v) is 10.4. The molecule has 0 spiro atoms. The monoisotopic (exact) mass is 376 g/mol. The Morgan fingerprint density at radius 3 is 2.85 bits per heavy atom. The molecule has 0 fully saturated rings. The largest absolute Gasteiger partial charge is 0.446 e. The Hall–Kier alpha value is -1.59. The summed E-state index contributed by atoms with van der Waals surface area (Å²) in [5, 5.41) is 8.97. The second-order valence-electron chi connectivity index (χ2n) is 7.70. The number of benzene rings is 1. The summed E-state index contributed by atoms with van der Waals surface area (Å²) in [6.45, 7) is 3.75. The Morgan fingerprint density at radius 1 is 1.33 bits per heavy atom. The van der Waals surface area contributed by atoms with Crippen LogP contribution >= 0.6 is 0 Å². The number of ether oxygens (including phenoxy) is 1. The van der Waals surface area contributed by atoms with Gasteiger partial charge in [0.15, 0.2) is 0 Å². The van der Waals surface area contributed by atoms with Crippen molar-refractivity contribution in [1.29, 1.82) is 0 Å². The van der Waals surface area contributed by atoms with Crippen molar-refractivity contribution in [3.63, 3.8) is 0 Å². The highest BCUT2D eigenvalue weighted by molar-refractivity contribution is 5.67. The highest BCUT2D eigenvalue weighted by Gasteiger charge is 2.24. The van der Waals surface area contributed by atoms with Crippen LogP contribution in [-0.4, -0.2) is 48.9 Å². The molecular weight excluding hydrogens is 340 g/mol. The number of nitrogens with zero attached hydrogens (tertiary/aromatic N) is 1. The van der Waals surface area contributed by atoms with E-state index in [9.17, 15) is 4.79 Å².